The van der Waals surface area contributed by atoms with E-state index in [0.29, 0.717) is 5.82 Å². The number of pyridine rings is 2. The van der Waals surface area contributed by atoms with Crippen LogP contribution < -0.4 is 0 Å². The second kappa shape index (κ2) is 3.41. The second-order valence-corrected chi connectivity index (χ2v) is 3.61. The van der Waals surface area contributed by atoms with E-state index in [1.807, 2.05) is 41.8 Å². The van der Waals surface area contributed by atoms with E-state index in [1.165, 1.54) is 0 Å². The van der Waals surface area contributed by atoms with Crippen molar-refractivity contribution in [1.29, 1.82) is 0 Å². The smallest absolute Gasteiger partial charge is 0.183 e. The highest BCUT2D eigenvalue weighted by Crippen LogP contribution is 2.15. The Morgan fingerprint density at radius 1 is 1.12 bits per heavy atom. The van der Waals surface area contributed by atoms with E-state index in [2.05, 4.69) is 15.1 Å². The molecule has 0 fully saturated rings. The number of hydrogen-bond acceptors (Lipinski definition) is 3. The summed E-state index contributed by atoms with van der Waals surface area (Å²) in [7, 11) is 0. The average Bonchev–Trinajstić information content (AvgIpc) is 2.76. The fraction of sp³-hybridized carbons (Fsp3) is 0.0833. The van der Waals surface area contributed by atoms with Crippen LogP contribution in [0.15, 0.2) is 42.7 Å². The van der Waals surface area contributed by atoms with Crippen LogP contribution in [0.5, 0.6) is 0 Å². The molecule has 16 heavy (non-hydrogen) atoms. The Balaban J connectivity index is 2.23. The van der Waals surface area contributed by atoms with Crippen molar-refractivity contribution in [3.8, 4) is 11.4 Å². The van der Waals surface area contributed by atoms with Crippen LogP contribution in [0.2, 0.25) is 0 Å². The molecule has 78 valence electrons. The number of hydrogen-bond donors (Lipinski definition) is 0. The topological polar surface area (TPSA) is 43.1 Å². The fourth-order valence-corrected chi connectivity index (χ4v) is 1.65. The molecular weight excluding hydrogens is 200 g/mol. The largest absolute Gasteiger partial charge is 0.264 e. The molecule has 4 nitrogen and oxygen atoms in total. The third kappa shape index (κ3) is 1.35. The molecule has 0 saturated heterocycles. The normalized spacial score (nSPS) is 10.8. The van der Waals surface area contributed by atoms with Crippen molar-refractivity contribution >= 4 is 5.65 Å². The predicted octanol–water partition coefficient (Wildman–Crippen LogP) is 2.10. The van der Waals surface area contributed by atoms with Crippen LogP contribution in [0.4, 0.5) is 0 Å². The van der Waals surface area contributed by atoms with Crippen LogP contribution in [-0.4, -0.2) is 19.6 Å². The van der Waals surface area contributed by atoms with Gasteiger partial charge in [-0.25, -0.2) is 9.50 Å². The molecule has 3 heterocycles. The summed E-state index contributed by atoms with van der Waals surface area (Å²) in [5.74, 6) is 0.711. The first-order chi connectivity index (χ1) is 7.84. The second-order valence-electron chi connectivity index (χ2n) is 3.61. The van der Waals surface area contributed by atoms with Gasteiger partial charge in [0.25, 0.3) is 0 Å². The fourth-order valence-electron chi connectivity index (χ4n) is 1.65. The van der Waals surface area contributed by atoms with Crippen molar-refractivity contribution in [2.75, 3.05) is 0 Å². The molecule has 0 aliphatic heterocycles. The molecule has 3 aromatic rings. The quantitative estimate of drug-likeness (QED) is 0.617. The zero-order chi connectivity index (χ0) is 11.0. The van der Waals surface area contributed by atoms with Crippen molar-refractivity contribution in [1.82, 2.24) is 19.6 Å². The molecule has 0 atom stereocenters. The number of nitrogens with zero attached hydrogens (tertiary/aromatic N) is 4. The Kier molecular flexibility index (Phi) is 1.93. The van der Waals surface area contributed by atoms with Gasteiger partial charge in [0.1, 0.15) is 0 Å². The lowest BCUT2D eigenvalue weighted by atomic mass is 10.3. The van der Waals surface area contributed by atoms with E-state index < -0.39 is 0 Å². The molecule has 0 amide bonds. The SMILES string of the molecule is Cc1cccc2nc(-c3cccnc3)nn12. The summed E-state index contributed by atoms with van der Waals surface area (Å²) in [5.41, 5.74) is 2.87. The van der Waals surface area contributed by atoms with Crippen LogP contribution in [0, 0.1) is 6.92 Å². The lowest BCUT2D eigenvalue weighted by molar-refractivity contribution is 0.918. The van der Waals surface area contributed by atoms with Crippen molar-refractivity contribution < 1.29 is 0 Å². The maximum Gasteiger partial charge on any atom is 0.183 e. The van der Waals surface area contributed by atoms with Gasteiger partial charge in [0.05, 0.1) is 0 Å². The monoisotopic (exact) mass is 210 g/mol. The number of aryl methyl sites for hydroxylation is 1. The Bertz CT molecular complexity index is 628. The summed E-state index contributed by atoms with van der Waals surface area (Å²) in [4.78, 5) is 8.52. The number of aromatic nitrogens is 4. The third-order valence-electron chi connectivity index (χ3n) is 2.47. The third-order valence-corrected chi connectivity index (χ3v) is 2.47. The van der Waals surface area contributed by atoms with Gasteiger partial charge in [-0.15, -0.1) is 5.10 Å². The lowest BCUT2D eigenvalue weighted by Gasteiger charge is -1.94. The van der Waals surface area contributed by atoms with Gasteiger partial charge < -0.3 is 0 Å². The minimum absolute atomic E-state index is 0.711. The van der Waals surface area contributed by atoms with Gasteiger partial charge >= 0.3 is 0 Å². The maximum absolute atomic E-state index is 4.46. The van der Waals surface area contributed by atoms with E-state index in [4.69, 9.17) is 0 Å². The summed E-state index contributed by atoms with van der Waals surface area (Å²) < 4.78 is 1.84. The first-order valence-electron chi connectivity index (χ1n) is 5.07. The van der Waals surface area contributed by atoms with E-state index >= 15 is 0 Å². The zero-order valence-corrected chi connectivity index (χ0v) is 8.83. The summed E-state index contributed by atoms with van der Waals surface area (Å²) in [6.45, 7) is 2.01. The summed E-state index contributed by atoms with van der Waals surface area (Å²) >= 11 is 0. The number of rotatable bonds is 1. The van der Waals surface area contributed by atoms with Crippen molar-refractivity contribution in [3.63, 3.8) is 0 Å². The van der Waals surface area contributed by atoms with E-state index in [1.54, 1.807) is 12.4 Å². The van der Waals surface area contributed by atoms with Gasteiger partial charge in [-0.3, -0.25) is 4.98 Å². The van der Waals surface area contributed by atoms with Gasteiger partial charge in [0, 0.05) is 23.7 Å². The molecule has 0 unspecified atom stereocenters. The highest BCUT2D eigenvalue weighted by atomic mass is 15.3. The molecule has 0 radical (unpaired) electrons. The Morgan fingerprint density at radius 2 is 2.06 bits per heavy atom. The van der Waals surface area contributed by atoms with Crippen LogP contribution in [0.25, 0.3) is 17.0 Å². The predicted molar refractivity (Wildman–Crippen MR) is 61.0 cm³/mol. The van der Waals surface area contributed by atoms with E-state index in [9.17, 15) is 0 Å². The number of fused-ring (bicyclic) bond motifs is 1. The molecule has 3 rings (SSSR count). The molecule has 0 N–H and O–H groups in total. The Hall–Kier alpha value is -2.23. The minimum atomic E-state index is 0.711. The van der Waals surface area contributed by atoms with E-state index in [0.717, 1.165) is 16.9 Å². The summed E-state index contributed by atoms with van der Waals surface area (Å²) in [5, 5.41) is 4.45. The van der Waals surface area contributed by atoms with Crippen LogP contribution in [0.3, 0.4) is 0 Å². The van der Waals surface area contributed by atoms with Crippen LogP contribution in [0.1, 0.15) is 5.69 Å². The maximum atomic E-state index is 4.46. The first kappa shape index (κ1) is 9.03. The zero-order valence-electron chi connectivity index (χ0n) is 8.83. The van der Waals surface area contributed by atoms with Crippen LogP contribution >= 0.6 is 0 Å². The average molecular weight is 210 g/mol. The lowest BCUT2D eigenvalue weighted by Crippen LogP contribution is -1.91. The van der Waals surface area contributed by atoms with Gasteiger partial charge in [0.15, 0.2) is 11.5 Å². The highest BCUT2D eigenvalue weighted by Gasteiger charge is 2.06. The Labute approximate surface area is 92.6 Å². The molecule has 0 bridgehead atoms. The molecular formula is C12H10N4. The first-order valence-corrected chi connectivity index (χ1v) is 5.07. The summed E-state index contributed by atoms with van der Waals surface area (Å²) in [6.07, 6.45) is 3.51. The van der Waals surface area contributed by atoms with E-state index in [-0.39, 0.29) is 0 Å². The van der Waals surface area contributed by atoms with Gasteiger partial charge in [-0.05, 0) is 31.2 Å². The molecule has 0 aliphatic carbocycles. The highest BCUT2D eigenvalue weighted by molar-refractivity contribution is 5.56. The standard InChI is InChI=1S/C12H10N4/c1-9-4-2-6-11-14-12(15-16(9)11)10-5-3-7-13-8-10/h2-8H,1H3. The summed E-state index contributed by atoms with van der Waals surface area (Å²) in [6, 6.07) is 9.77. The molecule has 0 spiro atoms. The molecule has 3 aromatic heterocycles. The Morgan fingerprint density at radius 3 is 2.81 bits per heavy atom. The van der Waals surface area contributed by atoms with Gasteiger partial charge in [-0.2, -0.15) is 0 Å². The van der Waals surface area contributed by atoms with Crippen molar-refractivity contribution in [2.24, 2.45) is 0 Å². The molecule has 4 heteroatoms. The molecule has 0 aromatic carbocycles. The minimum Gasteiger partial charge on any atom is -0.264 e. The van der Waals surface area contributed by atoms with Crippen molar-refractivity contribution in [3.05, 3.63) is 48.4 Å². The molecule has 0 saturated carbocycles. The van der Waals surface area contributed by atoms with Gasteiger partial charge in [-0.1, -0.05) is 6.07 Å². The van der Waals surface area contributed by atoms with Crippen LogP contribution in [-0.2, 0) is 0 Å². The molecule has 0 aliphatic rings. The van der Waals surface area contributed by atoms with Gasteiger partial charge in [0.2, 0.25) is 0 Å². The van der Waals surface area contributed by atoms with Crippen molar-refractivity contribution in [2.45, 2.75) is 6.92 Å².